The molecule has 0 aliphatic rings. The van der Waals surface area contributed by atoms with Crippen LogP contribution in [-0.2, 0) is 9.63 Å². The summed E-state index contributed by atoms with van der Waals surface area (Å²) in [5.74, 6) is -0.393. The summed E-state index contributed by atoms with van der Waals surface area (Å²) in [7, 11) is 0. The summed E-state index contributed by atoms with van der Waals surface area (Å²) in [4.78, 5) is 16.2. The minimum absolute atomic E-state index is 0.109. The van der Waals surface area contributed by atoms with Crippen LogP contribution in [0.4, 0.5) is 0 Å². The number of hydrogen-bond donors (Lipinski definition) is 0. The molecular weight excluding hydrogens is 178 g/mol. The average molecular weight is 199 g/mol. The van der Waals surface area contributed by atoms with E-state index in [4.69, 9.17) is 4.84 Å². The summed E-state index contributed by atoms with van der Waals surface area (Å²) < 4.78 is 0. The van der Waals surface area contributed by atoms with Gasteiger partial charge in [-0.05, 0) is 27.2 Å². The number of hydrogen-bond acceptors (Lipinski definition) is 3. The van der Waals surface area contributed by atoms with Crippen LogP contribution in [0.25, 0.3) is 0 Å². The summed E-state index contributed by atoms with van der Waals surface area (Å²) in [6, 6.07) is 0. The van der Waals surface area contributed by atoms with Crippen LogP contribution in [0.5, 0.6) is 0 Å². The molecule has 0 N–H and O–H groups in total. The van der Waals surface area contributed by atoms with Crippen LogP contribution in [-0.4, -0.2) is 23.1 Å². The third-order valence-electron chi connectivity index (χ3n) is 2.19. The largest absolute Gasteiger partial charge is 0.364 e. The van der Waals surface area contributed by atoms with E-state index in [1.54, 1.807) is 5.06 Å². The molecular formula is C11H21NO2. The van der Waals surface area contributed by atoms with Crippen LogP contribution < -0.4 is 0 Å². The van der Waals surface area contributed by atoms with Crippen LogP contribution in [0.3, 0.4) is 0 Å². The Hall–Kier alpha value is -0.830. The van der Waals surface area contributed by atoms with E-state index in [9.17, 15) is 4.79 Å². The van der Waals surface area contributed by atoms with E-state index in [-0.39, 0.29) is 5.54 Å². The molecule has 0 aliphatic carbocycles. The molecule has 0 saturated heterocycles. The predicted octanol–water partition coefficient (Wildman–Crippen LogP) is 2.53. The zero-order valence-electron chi connectivity index (χ0n) is 9.67. The topological polar surface area (TPSA) is 29.5 Å². The molecule has 0 fully saturated rings. The van der Waals surface area contributed by atoms with E-state index in [2.05, 4.69) is 27.4 Å². The smallest absolute Gasteiger partial charge is 0.349 e. The van der Waals surface area contributed by atoms with Gasteiger partial charge >= 0.3 is 5.97 Å². The van der Waals surface area contributed by atoms with Gasteiger partial charge in [-0.25, -0.2) is 4.79 Å². The van der Waals surface area contributed by atoms with Crippen molar-refractivity contribution in [1.29, 1.82) is 0 Å². The molecule has 0 rings (SSSR count). The lowest BCUT2D eigenvalue weighted by molar-refractivity contribution is -0.211. The molecule has 0 spiro atoms. The molecule has 0 amide bonds. The summed E-state index contributed by atoms with van der Waals surface area (Å²) in [5.41, 5.74) is -0.109. The molecule has 0 heterocycles. The molecule has 0 bridgehead atoms. The minimum atomic E-state index is -0.393. The number of nitrogens with zero attached hydrogens (tertiary/aromatic N) is 1. The van der Waals surface area contributed by atoms with Crippen LogP contribution in [0, 0.1) is 0 Å². The molecule has 3 nitrogen and oxygen atoms in total. The highest BCUT2D eigenvalue weighted by molar-refractivity contribution is 5.80. The third kappa shape index (κ3) is 3.92. The Morgan fingerprint density at radius 3 is 2.43 bits per heavy atom. The van der Waals surface area contributed by atoms with Gasteiger partial charge in [0.15, 0.2) is 0 Å². The maximum Gasteiger partial charge on any atom is 0.349 e. The minimum Gasteiger partial charge on any atom is -0.364 e. The molecule has 14 heavy (non-hydrogen) atoms. The summed E-state index contributed by atoms with van der Waals surface area (Å²) >= 11 is 0. The fraction of sp³-hybridized carbons (Fsp3) is 0.727. The van der Waals surface area contributed by atoms with E-state index < -0.39 is 5.97 Å². The average Bonchev–Trinajstić information content (AvgIpc) is 2.13. The van der Waals surface area contributed by atoms with Gasteiger partial charge in [-0.3, -0.25) is 0 Å². The first kappa shape index (κ1) is 13.2. The molecule has 0 atom stereocenters. The summed E-state index contributed by atoms with van der Waals surface area (Å²) in [6.45, 7) is 12.3. The fourth-order valence-electron chi connectivity index (χ4n) is 1.50. The molecule has 0 saturated carbocycles. The highest BCUT2D eigenvalue weighted by Crippen LogP contribution is 2.20. The normalized spacial score (nSPS) is 11.5. The van der Waals surface area contributed by atoms with Gasteiger partial charge in [0.25, 0.3) is 0 Å². The Kier molecular flexibility index (Phi) is 5.46. The van der Waals surface area contributed by atoms with E-state index in [0.717, 1.165) is 12.8 Å². The molecule has 0 radical (unpaired) electrons. The van der Waals surface area contributed by atoms with Crippen molar-refractivity contribution in [2.45, 2.75) is 46.1 Å². The molecule has 0 unspecified atom stereocenters. The second kappa shape index (κ2) is 5.81. The lowest BCUT2D eigenvalue weighted by atomic mass is 9.98. The lowest BCUT2D eigenvalue weighted by Crippen LogP contribution is -2.44. The van der Waals surface area contributed by atoms with Crippen molar-refractivity contribution in [1.82, 2.24) is 5.06 Å². The van der Waals surface area contributed by atoms with Gasteiger partial charge in [0, 0.05) is 12.6 Å². The Bertz CT molecular complexity index is 199. The maximum atomic E-state index is 11.1. The van der Waals surface area contributed by atoms with E-state index in [1.807, 2.05) is 6.92 Å². The Morgan fingerprint density at radius 2 is 2.07 bits per heavy atom. The number of rotatable bonds is 6. The maximum absolute atomic E-state index is 11.1. The third-order valence-corrected chi connectivity index (χ3v) is 2.19. The zero-order valence-corrected chi connectivity index (χ0v) is 9.67. The number of carbonyl (C=O) groups excluding carboxylic acids is 1. The van der Waals surface area contributed by atoms with Crippen molar-refractivity contribution in [2.75, 3.05) is 6.54 Å². The first-order chi connectivity index (χ1) is 6.47. The lowest BCUT2D eigenvalue weighted by Gasteiger charge is -2.35. The van der Waals surface area contributed by atoms with Crippen LogP contribution in [0.2, 0.25) is 0 Å². The zero-order chi connectivity index (χ0) is 11.2. The van der Waals surface area contributed by atoms with Crippen LogP contribution >= 0.6 is 0 Å². The summed E-state index contributed by atoms with van der Waals surface area (Å²) in [5, 5.41) is 1.71. The van der Waals surface area contributed by atoms with Crippen molar-refractivity contribution in [3.05, 3.63) is 12.7 Å². The molecule has 0 aliphatic heterocycles. The molecule has 3 heteroatoms. The second-order valence-corrected chi connectivity index (χ2v) is 3.87. The Labute approximate surface area is 86.7 Å². The van der Waals surface area contributed by atoms with Gasteiger partial charge in [0.05, 0.1) is 5.54 Å². The number of carbonyl (C=O) groups is 1. The van der Waals surface area contributed by atoms with Crippen LogP contribution in [0.15, 0.2) is 12.7 Å². The van der Waals surface area contributed by atoms with E-state index >= 15 is 0 Å². The monoisotopic (exact) mass is 199 g/mol. The van der Waals surface area contributed by atoms with Crippen LogP contribution in [0.1, 0.15) is 40.5 Å². The van der Waals surface area contributed by atoms with Gasteiger partial charge in [0.1, 0.15) is 0 Å². The Balaban J connectivity index is 4.37. The Morgan fingerprint density at radius 1 is 1.50 bits per heavy atom. The summed E-state index contributed by atoms with van der Waals surface area (Å²) in [6.07, 6.45) is 3.24. The second-order valence-electron chi connectivity index (χ2n) is 3.87. The van der Waals surface area contributed by atoms with Gasteiger partial charge < -0.3 is 4.84 Å². The van der Waals surface area contributed by atoms with E-state index in [1.165, 1.54) is 6.08 Å². The molecule has 0 aromatic heterocycles. The van der Waals surface area contributed by atoms with Gasteiger partial charge in [-0.2, -0.15) is 0 Å². The number of hydroxylamine groups is 2. The van der Waals surface area contributed by atoms with Gasteiger partial charge in [0.2, 0.25) is 0 Å². The quantitative estimate of drug-likeness (QED) is 0.486. The molecule has 0 aromatic carbocycles. The van der Waals surface area contributed by atoms with Crippen molar-refractivity contribution in [3.8, 4) is 0 Å². The molecule has 0 aromatic rings. The van der Waals surface area contributed by atoms with Crippen molar-refractivity contribution in [3.63, 3.8) is 0 Å². The standard InChI is InChI=1S/C11H21NO2/c1-6-9-11(4,5)12(8-3)14-10(13)7-2/h7H,2,6,8-9H2,1,3-5H3. The first-order valence-corrected chi connectivity index (χ1v) is 5.10. The first-order valence-electron chi connectivity index (χ1n) is 5.10. The van der Waals surface area contributed by atoms with Gasteiger partial charge in [-0.15, -0.1) is 5.06 Å². The van der Waals surface area contributed by atoms with E-state index in [0.29, 0.717) is 6.54 Å². The predicted molar refractivity (Wildman–Crippen MR) is 57.7 cm³/mol. The van der Waals surface area contributed by atoms with Crippen molar-refractivity contribution >= 4 is 5.97 Å². The van der Waals surface area contributed by atoms with Gasteiger partial charge in [-0.1, -0.05) is 19.9 Å². The fourth-order valence-corrected chi connectivity index (χ4v) is 1.50. The highest BCUT2D eigenvalue weighted by Gasteiger charge is 2.27. The molecule has 82 valence electrons. The SMILES string of the molecule is C=CC(=O)ON(CC)C(C)(C)CCC. The van der Waals surface area contributed by atoms with Crippen molar-refractivity contribution < 1.29 is 9.63 Å². The highest BCUT2D eigenvalue weighted by atomic mass is 16.7. The van der Waals surface area contributed by atoms with Crippen molar-refractivity contribution in [2.24, 2.45) is 0 Å².